The van der Waals surface area contributed by atoms with Crippen LogP contribution in [0.25, 0.3) is 6.08 Å². The van der Waals surface area contributed by atoms with Crippen LogP contribution < -0.4 is 15.4 Å². The summed E-state index contributed by atoms with van der Waals surface area (Å²) in [5.41, 5.74) is 1.26. The fourth-order valence-corrected chi connectivity index (χ4v) is 4.96. The fraction of sp³-hybridized carbons (Fsp3) is 0.308. The van der Waals surface area contributed by atoms with Gasteiger partial charge in [-0.15, -0.1) is 0 Å². The Bertz CT molecular complexity index is 1200. The first kappa shape index (κ1) is 27.1. The Kier molecular flexibility index (Phi) is 8.95. The van der Waals surface area contributed by atoms with Crippen LogP contribution in [0.3, 0.4) is 0 Å². The number of para-hydroxylation sites is 1. The molecule has 9 nitrogen and oxygen atoms in total. The van der Waals surface area contributed by atoms with Crippen LogP contribution >= 0.6 is 11.8 Å². The molecule has 0 aliphatic carbocycles. The van der Waals surface area contributed by atoms with Gasteiger partial charge in [-0.3, -0.25) is 19.3 Å². The number of rotatable bonds is 8. The highest BCUT2D eigenvalue weighted by Gasteiger charge is 2.35. The smallest absolute Gasteiger partial charge is 0.387 e. The van der Waals surface area contributed by atoms with E-state index in [4.69, 9.17) is 0 Å². The molecule has 0 bridgehead atoms. The summed E-state index contributed by atoms with van der Waals surface area (Å²) < 4.78 is 28.9. The first-order chi connectivity index (χ1) is 18.3. The topological polar surface area (TPSA) is 108 Å². The summed E-state index contributed by atoms with van der Waals surface area (Å²) in [7, 11) is 0. The number of likely N-dealkylation sites (tertiary alicyclic amines) is 1. The minimum atomic E-state index is -2.93. The molecule has 0 spiro atoms. The van der Waals surface area contributed by atoms with E-state index < -0.39 is 17.8 Å². The third-order valence-corrected chi connectivity index (χ3v) is 7.00. The normalized spacial score (nSPS) is 17.3. The molecule has 2 N–H and O–H groups in total. The quantitative estimate of drug-likeness (QED) is 0.478. The number of nitrogens with one attached hydrogen (secondary N) is 2. The molecule has 2 aliphatic heterocycles. The maximum Gasteiger partial charge on any atom is 0.387 e. The molecule has 2 aromatic rings. The lowest BCUT2D eigenvalue weighted by Crippen LogP contribution is -2.45. The second-order valence-corrected chi connectivity index (χ2v) is 9.62. The van der Waals surface area contributed by atoms with Gasteiger partial charge >= 0.3 is 12.6 Å². The number of carbonyl (C=O) groups excluding carboxylic acids is 4. The first-order valence-corrected chi connectivity index (χ1v) is 12.8. The Morgan fingerprint density at radius 1 is 1.05 bits per heavy atom. The molecule has 0 saturated carbocycles. The zero-order valence-corrected chi connectivity index (χ0v) is 21.1. The van der Waals surface area contributed by atoms with Crippen molar-refractivity contribution in [2.45, 2.75) is 19.5 Å². The number of halogens is 2. The minimum Gasteiger partial charge on any atom is -0.435 e. The Balaban J connectivity index is 1.21. The number of hydrogen-bond acceptors (Lipinski definition) is 6. The number of anilines is 1. The van der Waals surface area contributed by atoms with Gasteiger partial charge in [0.2, 0.25) is 5.91 Å². The summed E-state index contributed by atoms with van der Waals surface area (Å²) in [6.45, 7) is -1.91. The van der Waals surface area contributed by atoms with Gasteiger partial charge in [-0.05, 0) is 60.5 Å². The van der Waals surface area contributed by atoms with Crippen LogP contribution in [0.1, 0.15) is 18.4 Å². The molecule has 38 heavy (non-hydrogen) atoms. The number of benzene rings is 2. The van der Waals surface area contributed by atoms with Crippen molar-refractivity contribution in [2.75, 3.05) is 31.5 Å². The fourth-order valence-electron chi connectivity index (χ4n) is 4.09. The number of hydrogen-bond donors (Lipinski definition) is 2. The second-order valence-electron chi connectivity index (χ2n) is 8.63. The Labute approximate surface area is 222 Å². The molecule has 2 aliphatic rings. The molecule has 0 unspecified atom stereocenters. The molecule has 2 saturated heterocycles. The van der Waals surface area contributed by atoms with Gasteiger partial charge in [0, 0.05) is 37.8 Å². The molecule has 2 fully saturated rings. The lowest BCUT2D eigenvalue weighted by molar-refractivity contribution is -0.127. The van der Waals surface area contributed by atoms with Gasteiger partial charge in [-0.2, -0.15) is 8.78 Å². The molecule has 200 valence electrons. The van der Waals surface area contributed by atoms with E-state index in [2.05, 4.69) is 15.4 Å². The number of alkyl halides is 2. The molecule has 12 heteroatoms. The van der Waals surface area contributed by atoms with Crippen LogP contribution in [-0.2, 0) is 9.59 Å². The number of ether oxygens (including phenoxy) is 1. The number of amides is 5. The van der Waals surface area contributed by atoms with Crippen molar-refractivity contribution in [2.24, 2.45) is 5.92 Å². The number of thioether (sulfide) groups is 1. The van der Waals surface area contributed by atoms with E-state index in [1.165, 1.54) is 30.3 Å². The number of urea groups is 1. The van der Waals surface area contributed by atoms with Crippen molar-refractivity contribution in [1.29, 1.82) is 0 Å². The van der Waals surface area contributed by atoms with Crippen LogP contribution in [0.5, 0.6) is 5.75 Å². The summed E-state index contributed by atoms with van der Waals surface area (Å²) in [4.78, 5) is 53.0. The molecular formula is C26H26F2N4O5S. The summed E-state index contributed by atoms with van der Waals surface area (Å²) >= 11 is 0.773. The molecule has 0 aromatic heterocycles. The van der Waals surface area contributed by atoms with Gasteiger partial charge in [-0.25, -0.2) is 4.79 Å². The highest BCUT2D eigenvalue weighted by molar-refractivity contribution is 8.18. The van der Waals surface area contributed by atoms with Crippen molar-refractivity contribution < 1.29 is 32.7 Å². The molecule has 2 heterocycles. The SMILES string of the molecule is O=C(NCCN1C(=O)S/C(=C\c2ccc(OC(F)F)cc2)C1=O)C1CCN(C(=O)Nc2ccccc2)CC1. The highest BCUT2D eigenvalue weighted by Crippen LogP contribution is 2.32. The molecule has 0 atom stereocenters. The predicted octanol–water partition coefficient (Wildman–Crippen LogP) is 4.38. The van der Waals surface area contributed by atoms with Crippen molar-refractivity contribution in [3.63, 3.8) is 0 Å². The standard InChI is InChI=1S/C26H26F2N4O5S/c27-24(28)37-20-8-6-17(7-9-20)16-21-23(34)32(26(36)38-21)15-12-29-22(33)18-10-13-31(14-11-18)25(35)30-19-4-2-1-3-5-19/h1-9,16,18,24H,10-15H2,(H,29,33)(H,30,35)/b21-16-. The maximum atomic E-state index is 12.7. The Hall–Kier alpha value is -3.93. The Morgan fingerprint density at radius 2 is 1.74 bits per heavy atom. The third-order valence-electron chi connectivity index (χ3n) is 6.09. The summed E-state index contributed by atoms with van der Waals surface area (Å²) in [6, 6.07) is 14.6. The van der Waals surface area contributed by atoms with Gasteiger partial charge in [0.15, 0.2) is 0 Å². The van der Waals surface area contributed by atoms with E-state index in [9.17, 15) is 28.0 Å². The van der Waals surface area contributed by atoms with Crippen LogP contribution in [-0.4, -0.2) is 65.7 Å². The Morgan fingerprint density at radius 3 is 2.39 bits per heavy atom. The summed E-state index contributed by atoms with van der Waals surface area (Å²) in [5, 5.41) is 5.16. The van der Waals surface area contributed by atoms with Crippen molar-refractivity contribution in [3.05, 3.63) is 65.1 Å². The lowest BCUT2D eigenvalue weighted by atomic mass is 9.96. The van der Waals surface area contributed by atoms with Crippen LogP contribution in [0.15, 0.2) is 59.5 Å². The monoisotopic (exact) mass is 544 g/mol. The zero-order valence-electron chi connectivity index (χ0n) is 20.3. The van der Waals surface area contributed by atoms with Gasteiger partial charge in [-0.1, -0.05) is 30.3 Å². The van der Waals surface area contributed by atoms with E-state index in [1.807, 2.05) is 18.2 Å². The largest absolute Gasteiger partial charge is 0.435 e. The van der Waals surface area contributed by atoms with Crippen LogP contribution in [0, 0.1) is 5.92 Å². The first-order valence-electron chi connectivity index (χ1n) is 12.0. The summed E-state index contributed by atoms with van der Waals surface area (Å²) in [5.74, 6) is -0.939. The number of nitrogens with zero attached hydrogens (tertiary/aromatic N) is 2. The molecule has 0 radical (unpaired) electrons. The summed E-state index contributed by atoms with van der Waals surface area (Å²) in [6.07, 6.45) is 2.52. The van der Waals surface area contributed by atoms with E-state index >= 15 is 0 Å². The zero-order chi connectivity index (χ0) is 27.1. The van der Waals surface area contributed by atoms with E-state index in [0.717, 1.165) is 16.7 Å². The maximum absolute atomic E-state index is 12.7. The van der Waals surface area contributed by atoms with E-state index in [-0.39, 0.29) is 41.6 Å². The predicted molar refractivity (Wildman–Crippen MR) is 139 cm³/mol. The van der Waals surface area contributed by atoms with Crippen molar-refractivity contribution in [3.8, 4) is 5.75 Å². The number of carbonyl (C=O) groups is 4. The van der Waals surface area contributed by atoms with E-state index in [1.54, 1.807) is 17.0 Å². The lowest BCUT2D eigenvalue weighted by Gasteiger charge is -2.31. The van der Waals surface area contributed by atoms with Gasteiger partial charge in [0.1, 0.15) is 5.75 Å². The molecular weight excluding hydrogens is 518 g/mol. The average Bonchev–Trinajstić information content (AvgIpc) is 3.17. The third kappa shape index (κ3) is 7.09. The minimum absolute atomic E-state index is 0.0119. The van der Waals surface area contributed by atoms with Gasteiger partial charge in [0.05, 0.1) is 4.91 Å². The van der Waals surface area contributed by atoms with Crippen molar-refractivity contribution in [1.82, 2.24) is 15.1 Å². The van der Waals surface area contributed by atoms with Crippen LogP contribution in [0.2, 0.25) is 0 Å². The van der Waals surface area contributed by atoms with E-state index in [0.29, 0.717) is 37.2 Å². The molecule has 2 aromatic carbocycles. The van der Waals surface area contributed by atoms with Gasteiger partial charge < -0.3 is 20.3 Å². The second kappa shape index (κ2) is 12.5. The van der Waals surface area contributed by atoms with Crippen LogP contribution in [0.4, 0.5) is 24.1 Å². The number of imide groups is 1. The highest BCUT2D eigenvalue weighted by atomic mass is 32.2. The average molecular weight is 545 g/mol. The molecule has 4 rings (SSSR count). The number of piperidine rings is 1. The van der Waals surface area contributed by atoms with Gasteiger partial charge in [0.25, 0.3) is 11.1 Å². The van der Waals surface area contributed by atoms with Crippen molar-refractivity contribution >= 4 is 46.6 Å². The molecule has 5 amide bonds.